The number of likely N-dealkylation sites (tertiary alicyclic amines) is 1. The predicted molar refractivity (Wildman–Crippen MR) is 54.7 cm³/mol. The van der Waals surface area contributed by atoms with Crippen molar-refractivity contribution in [1.82, 2.24) is 4.90 Å². The molecule has 0 saturated carbocycles. The monoisotopic (exact) mass is 186 g/mol. The molecular formula is C10H22N2O. The average Bonchev–Trinajstić information content (AvgIpc) is 2.00. The molecule has 2 atom stereocenters. The van der Waals surface area contributed by atoms with Gasteiger partial charge in [0, 0.05) is 24.7 Å². The Labute approximate surface area is 81.2 Å². The molecule has 1 fully saturated rings. The van der Waals surface area contributed by atoms with Gasteiger partial charge in [-0.05, 0) is 33.7 Å². The van der Waals surface area contributed by atoms with Gasteiger partial charge in [-0.3, -0.25) is 0 Å². The number of methoxy groups -OCH3 is 1. The second-order valence-corrected chi connectivity index (χ2v) is 4.57. The van der Waals surface area contributed by atoms with E-state index >= 15 is 0 Å². The van der Waals surface area contributed by atoms with Gasteiger partial charge in [-0.2, -0.15) is 0 Å². The summed E-state index contributed by atoms with van der Waals surface area (Å²) in [7, 11) is 3.89. The van der Waals surface area contributed by atoms with E-state index in [1.54, 1.807) is 7.11 Å². The van der Waals surface area contributed by atoms with E-state index in [9.17, 15) is 0 Å². The van der Waals surface area contributed by atoms with Gasteiger partial charge < -0.3 is 15.4 Å². The maximum Gasteiger partial charge on any atom is 0.0643 e. The van der Waals surface area contributed by atoms with Crippen LogP contribution < -0.4 is 5.73 Å². The number of ether oxygens (including phenoxy) is 1. The van der Waals surface area contributed by atoms with Crippen LogP contribution in [0.15, 0.2) is 0 Å². The van der Waals surface area contributed by atoms with Gasteiger partial charge in [0.15, 0.2) is 0 Å². The molecular weight excluding hydrogens is 164 g/mol. The second kappa shape index (κ2) is 3.95. The van der Waals surface area contributed by atoms with E-state index in [1.807, 2.05) is 0 Å². The molecule has 0 bridgehead atoms. The molecule has 13 heavy (non-hydrogen) atoms. The minimum atomic E-state index is -0.111. The molecule has 2 unspecified atom stereocenters. The smallest absolute Gasteiger partial charge is 0.0643 e. The Balaban J connectivity index is 2.61. The topological polar surface area (TPSA) is 38.5 Å². The summed E-state index contributed by atoms with van der Waals surface area (Å²) in [5, 5.41) is 0. The Morgan fingerprint density at radius 2 is 1.85 bits per heavy atom. The molecule has 0 spiro atoms. The summed E-state index contributed by atoms with van der Waals surface area (Å²) in [6.45, 7) is 5.13. The third-order valence-corrected chi connectivity index (χ3v) is 3.23. The molecule has 1 saturated heterocycles. The highest BCUT2D eigenvalue weighted by atomic mass is 16.5. The Morgan fingerprint density at radius 1 is 1.38 bits per heavy atom. The first-order chi connectivity index (χ1) is 5.98. The molecule has 1 heterocycles. The van der Waals surface area contributed by atoms with Crippen molar-refractivity contribution in [3.05, 3.63) is 0 Å². The van der Waals surface area contributed by atoms with Gasteiger partial charge in [-0.1, -0.05) is 0 Å². The van der Waals surface area contributed by atoms with E-state index in [1.165, 1.54) is 0 Å². The van der Waals surface area contributed by atoms with Gasteiger partial charge in [-0.15, -0.1) is 0 Å². The first-order valence-electron chi connectivity index (χ1n) is 4.98. The van der Waals surface area contributed by atoms with Crippen LogP contribution in [0.5, 0.6) is 0 Å². The van der Waals surface area contributed by atoms with Gasteiger partial charge in [0.1, 0.15) is 0 Å². The molecule has 0 aliphatic carbocycles. The number of hydrogen-bond acceptors (Lipinski definition) is 3. The number of nitrogens with zero attached hydrogens (tertiary/aromatic N) is 1. The van der Waals surface area contributed by atoms with Crippen molar-refractivity contribution in [2.75, 3.05) is 20.8 Å². The molecule has 1 rings (SSSR count). The molecule has 3 nitrogen and oxygen atoms in total. The minimum absolute atomic E-state index is 0.111. The average molecular weight is 186 g/mol. The number of nitrogens with two attached hydrogens (primary N) is 1. The van der Waals surface area contributed by atoms with Crippen molar-refractivity contribution in [3.63, 3.8) is 0 Å². The molecule has 1 aliphatic heterocycles. The lowest BCUT2D eigenvalue weighted by Gasteiger charge is -2.45. The van der Waals surface area contributed by atoms with E-state index in [0.717, 1.165) is 12.8 Å². The van der Waals surface area contributed by atoms with Crippen molar-refractivity contribution >= 4 is 0 Å². The Hall–Kier alpha value is -0.120. The van der Waals surface area contributed by atoms with Crippen LogP contribution in [0.2, 0.25) is 0 Å². The van der Waals surface area contributed by atoms with Crippen LogP contribution in [-0.2, 0) is 4.74 Å². The number of piperidine rings is 1. The third-order valence-electron chi connectivity index (χ3n) is 3.23. The largest absolute Gasteiger partial charge is 0.383 e. The SMILES string of the molecule is COCC1(N)CC(C)N(C)C(C)C1. The molecule has 3 heteroatoms. The first-order valence-corrected chi connectivity index (χ1v) is 4.98. The maximum atomic E-state index is 6.26. The van der Waals surface area contributed by atoms with Crippen LogP contribution in [0.3, 0.4) is 0 Å². The summed E-state index contributed by atoms with van der Waals surface area (Å²) in [6.07, 6.45) is 2.06. The molecule has 0 aromatic carbocycles. The highest BCUT2D eigenvalue weighted by Gasteiger charge is 2.37. The van der Waals surface area contributed by atoms with Crippen molar-refractivity contribution in [1.29, 1.82) is 0 Å². The fourth-order valence-corrected chi connectivity index (χ4v) is 2.39. The summed E-state index contributed by atoms with van der Waals surface area (Å²) >= 11 is 0. The summed E-state index contributed by atoms with van der Waals surface area (Å²) in [5.74, 6) is 0. The molecule has 0 aromatic heterocycles. The van der Waals surface area contributed by atoms with E-state index in [0.29, 0.717) is 18.7 Å². The highest BCUT2D eigenvalue weighted by molar-refractivity contribution is 4.96. The van der Waals surface area contributed by atoms with Crippen LogP contribution >= 0.6 is 0 Å². The standard InChI is InChI=1S/C10H22N2O/c1-8-5-10(11,7-13-4)6-9(2)12(8)3/h8-9H,5-7,11H2,1-4H3. The van der Waals surface area contributed by atoms with Gasteiger partial charge in [0.05, 0.1) is 6.61 Å². The summed E-state index contributed by atoms with van der Waals surface area (Å²) < 4.78 is 5.17. The van der Waals surface area contributed by atoms with E-state index in [2.05, 4.69) is 25.8 Å². The Morgan fingerprint density at radius 3 is 2.23 bits per heavy atom. The van der Waals surface area contributed by atoms with Crippen LogP contribution in [0, 0.1) is 0 Å². The lowest BCUT2D eigenvalue weighted by atomic mass is 9.82. The second-order valence-electron chi connectivity index (χ2n) is 4.57. The summed E-state index contributed by atoms with van der Waals surface area (Å²) in [4.78, 5) is 2.39. The van der Waals surface area contributed by atoms with Crippen LogP contribution in [0.1, 0.15) is 26.7 Å². The van der Waals surface area contributed by atoms with Crippen LogP contribution in [0.4, 0.5) is 0 Å². The minimum Gasteiger partial charge on any atom is -0.383 e. The van der Waals surface area contributed by atoms with Gasteiger partial charge in [0.25, 0.3) is 0 Å². The van der Waals surface area contributed by atoms with Crippen molar-refractivity contribution in [2.24, 2.45) is 5.73 Å². The van der Waals surface area contributed by atoms with Crippen molar-refractivity contribution in [3.8, 4) is 0 Å². The normalized spacial score (nSPS) is 42.2. The molecule has 0 aromatic rings. The number of rotatable bonds is 2. The van der Waals surface area contributed by atoms with Gasteiger partial charge in [0.2, 0.25) is 0 Å². The number of hydrogen-bond donors (Lipinski definition) is 1. The molecule has 0 amide bonds. The van der Waals surface area contributed by atoms with Crippen LogP contribution in [-0.4, -0.2) is 43.3 Å². The molecule has 0 radical (unpaired) electrons. The Kier molecular flexibility index (Phi) is 3.33. The van der Waals surface area contributed by atoms with E-state index in [-0.39, 0.29) is 5.54 Å². The fraction of sp³-hybridized carbons (Fsp3) is 1.00. The fourth-order valence-electron chi connectivity index (χ4n) is 2.39. The van der Waals surface area contributed by atoms with Crippen molar-refractivity contribution < 1.29 is 4.74 Å². The highest BCUT2D eigenvalue weighted by Crippen LogP contribution is 2.28. The van der Waals surface area contributed by atoms with Crippen LogP contribution in [0.25, 0.3) is 0 Å². The predicted octanol–water partition coefficient (Wildman–Crippen LogP) is 0.833. The lowest BCUT2D eigenvalue weighted by molar-refractivity contribution is 0.0325. The molecule has 1 aliphatic rings. The lowest BCUT2D eigenvalue weighted by Crippen LogP contribution is -2.58. The van der Waals surface area contributed by atoms with Gasteiger partial charge in [-0.25, -0.2) is 0 Å². The summed E-state index contributed by atoms with van der Waals surface area (Å²) in [6, 6.07) is 1.12. The first kappa shape index (κ1) is 11.0. The van der Waals surface area contributed by atoms with E-state index < -0.39 is 0 Å². The third kappa shape index (κ3) is 2.42. The zero-order valence-electron chi connectivity index (χ0n) is 9.21. The quantitative estimate of drug-likeness (QED) is 0.694. The zero-order chi connectivity index (χ0) is 10.1. The zero-order valence-corrected chi connectivity index (χ0v) is 9.21. The van der Waals surface area contributed by atoms with Crippen molar-refractivity contribution in [2.45, 2.75) is 44.3 Å². The Bertz CT molecular complexity index is 160. The summed E-state index contributed by atoms with van der Waals surface area (Å²) in [5.41, 5.74) is 6.15. The maximum absolute atomic E-state index is 6.26. The molecule has 2 N–H and O–H groups in total. The van der Waals surface area contributed by atoms with E-state index in [4.69, 9.17) is 10.5 Å². The van der Waals surface area contributed by atoms with Gasteiger partial charge >= 0.3 is 0 Å². The molecule has 78 valence electrons.